The number of oxazole rings is 1. The highest BCUT2D eigenvalue weighted by molar-refractivity contribution is 5.75. The van der Waals surface area contributed by atoms with Crippen molar-refractivity contribution in [1.29, 1.82) is 0 Å². The number of fused-ring (bicyclic) bond motifs is 1. The van der Waals surface area contributed by atoms with Crippen LogP contribution in [0.2, 0.25) is 0 Å². The molecule has 0 bridgehead atoms. The minimum atomic E-state index is 0.469. The molecule has 0 aliphatic heterocycles. The summed E-state index contributed by atoms with van der Waals surface area (Å²) < 4.78 is 5.55. The average molecular weight is 225 g/mol. The number of hydrogen-bond acceptors (Lipinski definition) is 4. The number of rotatable bonds is 2. The number of aromatic nitrogens is 1. The minimum Gasteiger partial charge on any atom is -0.423 e. The Morgan fingerprint density at radius 3 is 2.76 bits per heavy atom. The van der Waals surface area contributed by atoms with Gasteiger partial charge in [-0.25, -0.2) is 0 Å². The van der Waals surface area contributed by atoms with Crippen LogP contribution in [0, 0.1) is 0 Å². The van der Waals surface area contributed by atoms with E-state index in [0.717, 1.165) is 16.8 Å². The van der Waals surface area contributed by atoms with E-state index in [-0.39, 0.29) is 0 Å². The Morgan fingerprint density at radius 1 is 1.06 bits per heavy atom. The van der Waals surface area contributed by atoms with Crippen molar-refractivity contribution < 1.29 is 4.42 Å². The Kier molecular flexibility index (Phi) is 2.19. The number of nitrogens with zero attached hydrogens (tertiary/aromatic N) is 1. The smallest absolute Gasteiger partial charge is 0.300 e. The molecule has 0 radical (unpaired) electrons. The summed E-state index contributed by atoms with van der Waals surface area (Å²) >= 11 is 0. The van der Waals surface area contributed by atoms with Crippen LogP contribution in [-0.2, 0) is 0 Å². The second-order valence-corrected chi connectivity index (χ2v) is 3.74. The van der Waals surface area contributed by atoms with Crippen LogP contribution in [0.5, 0.6) is 0 Å². The summed E-state index contributed by atoms with van der Waals surface area (Å²) in [6.45, 7) is 0. The zero-order chi connectivity index (χ0) is 11.7. The van der Waals surface area contributed by atoms with Crippen molar-refractivity contribution in [2.24, 2.45) is 0 Å². The highest BCUT2D eigenvalue weighted by Gasteiger charge is 2.04. The van der Waals surface area contributed by atoms with E-state index < -0.39 is 0 Å². The predicted octanol–water partition coefficient (Wildman–Crippen LogP) is 3.15. The fraction of sp³-hybridized carbons (Fsp3) is 0. The number of nitrogen functional groups attached to an aromatic ring is 1. The second kappa shape index (κ2) is 3.83. The summed E-state index contributed by atoms with van der Waals surface area (Å²) in [5.74, 6) is 0. The van der Waals surface area contributed by atoms with Crippen LogP contribution in [0.4, 0.5) is 17.4 Å². The fourth-order valence-electron chi connectivity index (χ4n) is 1.67. The first-order chi connectivity index (χ1) is 8.31. The molecule has 0 saturated heterocycles. The molecule has 0 aliphatic carbocycles. The third-order valence-corrected chi connectivity index (χ3v) is 2.43. The topological polar surface area (TPSA) is 64.1 Å². The highest BCUT2D eigenvalue weighted by atomic mass is 16.4. The van der Waals surface area contributed by atoms with Gasteiger partial charge in [0.05, 0.1) is 0 Å². The van der Waals surface area contributed by atoms with E-state index in [1.54, 1.807) is 0 Å². The van der Waals surface area contributed by atoms with Crippen molar-refractivity contribution in [3.05, 3.63) is 48.5 Å². The van der Waals surface area contributed by atoms with Gasteiger partial charge in [0, 0.05) is 11.4 Å². The van der Waals surface area contributed by atoms with Gasteiger partial charge in [0.15, 0.2) is 5.58 Å². The molecular weight excluding hydrogens is 214 g/mol. The van der Waals surface area contributed by atoms with Crippen molar-refractivity contribution in [2.45, 2.75) is 0 Å². The van der Waals surface area contributed by atoms with Crippen molar-refractivity contribution >= 4 is 28.5 Å². The van der Waals surface area contributed by atoms with Gasteiger partial charge in [0.1, 0.15) is 5.52 Å². The molecule has 3 aromatic rings. The first-order valence-corrected chi connectivity index (χ1v) is 5.29. The van der Waals surface area contributed by atoms with Crippen LogP contribution in [-0.4, -0.2) is 4.98 Å². The zero-order valence-corrected chi connectivity index (χ0v) is 9.05. The molecule has 84 valence electrons. The molecule has 1 aromatic heterocycles. The molecule has 0 fully saturated rings. The first-order valence-electron chi connectivity index (χ1n) is 5.29. The normalized spacial score (nSPS) is 10.6. The van der Waals surface area contributed by atoms with Gasteiger partial charge in [0.25, 0.3) is 6.01 Å². The zero-order valence-electron chi connectivity index (χ0n) is 9.05. The van der Waals surface area contributed by atoms with E-state index in [4.69, 9.17) is 10.2 Å². The van der Waals surface area contributed by atoms with Crippen molar-refractivity contribution in [1.82, 2.24) is 4.98 Å². The van der Waals surface area contributed by atoms with E-state index in [1.165, 1.54) is 0 Å². The minimum absolute atomic E-state index is 0.469. The van der Waals surface area contributed by atoms with Crippen LogP contribution < -0.4 is 11.1 Å². The number of benzene rings is 2. The number of hydrogen-bond donors (Lipinski definition) is 2. The molecule has 3 N–H and O–H groups in total. The van der Waals surface area contributed by atoms with E-state index >= 15 is 0 Å². The Labute approximate surface area is 98.1 Å². The fourth-order valence-corrected chi connectivity index (χ4v) is 1.67. The largest absolute Gasteiger partial charge is 0.423 e. The van der Waals surface area contributed by atoms with Gasteiger partial charge in [-0.2, -0.15) is 4.98 Å². The van der Waals surface area contributed by atoms with E-state index in [0.29, 0.717) is 11.7 Å². The van der Waals surface area contributed by atoms with E-state index in [2.05, 4.69) is 10.3 Å². The molecule has 4 nitrogen and oxygen atoms in total. The molecule has 0 spiro atoms. The van der Waals surface area contributed by atoms with Gasteiger partial charge in [-0.15, -0.1) is 0 Å². The third kappa shape index (κ3) is 1.92. The maximum Gasteiger partial charge on any atom is 0.300 e. The highest BCUT2D eigenvalue weighted by Crippen LogP contribution is 2.22. The van der Waals surface area contributed by atoms with Crippen molar-refractivity contribution in [3.63, 3.8) is 0 Å². The molecular formula is C13H11N3O. The maximum atomic E-state index is 5.70. The molecule has 17 heavy (non-hydrogen) atoms. The SMILES string of the molecule is Nc1cccc(Nc2nc3ccccc3o2)c1. The summed E-state index contributed by atoms with van der Waals surface area (Å²) in [7, 11) is 0. The summed E-state index contributed by atoms with van der Waals surface area (Å²) in [6.07, 6.45) is 0. The van der Waals surface area contributed by atoms with Gasteiger partial charge < -0.3 is 15.5 Å². The number of nitrogens with one attached hydrogen (secondary N) is 1. The van der Waals surface area contributed by atoms with Crippen LogP contribution in [0.15, 0.2) is 52.9 Å². The molecule has 2 aromatic carbocycles. The molecule has 0 atom stereocenters. The molecule has 0 amide bonds. The number of anilines is 3. The average Bonchev–Trinajstić information content (AvgIpc) is 2.71. The predicted molar refractivity (Wildman–Crippen MR) is 68.1 cm³/mol. The van der Waals surface area contributed by atoms with Gasteiger partial charge in [0.2, 0.25) is 0 Å². The lowest BCUT2D eigenvalue weighted by Gasteiger charge is -2.01. The molecule has 0 aliphatic rings. The standard InChI is InChI=1S/C13H11N3O/c14-9-4-3-5-10(8-9)15-13-16-11-6-1-2-7-12(11)17-13/h1-8H,14H2,(H,15,16). The lowest BCUT2D eigenvalue weighted by Crippen LogP contribution is -1.91. The van der Waals surface area contributed by atoms with Gasteiger partial charge in [-0.05, 0) is 30.3 Å². The molecule has 3 rings (SSSR count). The summed E-state index contributed by atoms with van der Waals surface area (Å²) in [5, 5.41) is 3.08. The first kappa shape index (κ1) is 9.72. The quantitative estimate of drug-likeness (QED) is 0.657. The lowest BCUT2D eigenvalue weighted by atomic mass is 10.3. The maximum absolute atomic E-state index is 5.70. The summed E-state index contributed by atoms with van der Waals surface area (Å²) in [5.41, 5.74) is 8.85. The van der Waals surface area contributed by atoms with Gasteiger partial charge >= 0.3 is 0 Å². The molecule has 1 heterocycles. The number of nitrogens with two attached hydrogens (primary N) is 1. The van der Waals surface area contributed by atoms with Crippen molar-refractivity contribution in [2.75, 3.05) is 11.1 Å². The van der Waals surface area contributed by atoms with Crippen molar-refractivity contribution in [3.8, 4) is 0 Å². The Balaban J connectivity index is 1.94. The van der Waals surface area contributed by atoms with Crippen LogP contribution in [0.3, 0.4) is 0 Å². The Hall–Kier alpha value is -2.49. The Morgan fingerprint density at radius 2 is 1.94 bits per heavy atom. The molecule has 0 unspecified atom stereocenters. The van der Waals surface area contributed by atoms with Gasteiger partial charge in [-0.3, -0.25) is 0 Å². The van der Waals surface area contributed by atoms with Crippen LogP contribution >= 0.6 is 0 Å². The molecule has 0 saturated carbocycles. The van der Waals surface area contributed by atoms with E-state index in [1.807, 2.05) is 48.5 Å². The second-order valence-electron chi connectivity index (χ2n) is 3.74. The summed E-state index contributed by atoms with van der Waals surface area (Å²) in [6, 6.07) is 15.5. The van der Waals surface area contributed by atoms with Crippen LogP contribution in [0.1, 0.15) is 0 Å². The monoisotopic (exact) mass is 225 g/mol. The molecule has 4 heteroatoms. The van der Waals surface area contributed by atoms with Crippen LogP contribution in [0.25, 0.3) is 11.1 Å². The number of para-hydroxylation sites is 2. The van der Waals surface area contributed by atoms with E-state index in [9.17, 15) is 0 Å². The lowest BCUT2D eigenvalue weighted by molar-refractivity contribution is 0.623. The van der Waals surface area contributed by atoms with Gasteiger partial charge in [-0.1, -0.05) is 18.2 Å². The Bertz CT molecular complexity index is 627. The third-order valence-electron chi connectivity index (χ3n) is 2.43. The summed E-state index contributed by atoms with van der Waals surface area (Å²) in [4.78, 5) is 4.32.